The van der Waals surface area contributed by atoms with E-state index in [4.69, 9.17) is 5.11 Å². The second kappa shape index (κ2) is 5.84. The largest absolute Gasteiger partial charge is 0.478 e. The molecule has 19 heavy (non-hydrogen) atoms. The lowest BCUT2D eigenvalue weighted by atomic mass is 9.87. The summed E-state index contributed by atoms with van der Waals surface area (Å²) in [6.07, 6.45) is 0. The van der Waals surface area contributed by atoms with Crippen molar-refractivity contribution in [1.82, 2.24) is 5.32 Å². The number of nitrogens with one attached hydrogen (secondary N) is 1. The van der Waals surface area contributed by atoms with E-state index in [9.17, 15) is 14.7 Å². The number of aliphatic hydroxyl groups excluding tert-OH is 1. The first-order valence-electron chi connectivity index (χ1n) is 6.01. The fraction of sp³-hybridized carbons (Fsp3) is 0.429. The molecule has 1 aromatic rings. The Labute approximate surface area is 112 Å². The van der Waals surface area contributed by atoms with Crippen LogP contribution in [-0.4, -0.2) is 34.7 Å². The monoisotopic (exact) mass is 265 g/mol. The summed E-state index contributed by atoms with van der Waals surface area (Å²) in [5, 5.41) is 20.9. The van der Waals surface area contributed by atoms with Crippen LogP contribution in [0.15, 0.2) is 24.3 Å². The van der Waals surface area contributed by atoms with E-state index in [1.807, 2.05) is 20.8 Å². The maximum Gasteiger partial charge on any atom is 0.335 e. The minimum Gasteiger partial charge on any atom is -0.478 e. The van der Waals surface area contributed by atoms with Crippen LogP contribution in [-0.2, 0) is 0 Å². The molecule has 5 heteroatoms. The first kappa shape index (κ1) is 15.2. The Morgan fingerprint density at radius 2 is 1.84 bits per heavy atom. The van der Waals surface area contributed by atoms with Gasteiger partial charge >= 0.3 is 5.97 Å². The summed E-state index contributed by atoms with van der Waals surface area (Å²) >= 11 is 0. The van der Waals surface area contributed by atoms with Crippen LogP contribution in [0, 0.1) is 5.41 Å². The summed E-state index contributed by atoms with van der Waals surface area (Å²) in [5.74, 6) is -1.47. The van der Waals surface area contributed by atoms with Crippen LogP contribution < -0.4 is 5.32 Å². The maximum absolute atomic E-state index is 12.0. The van der Waals surface area contributed by atoms with Gasteiger partial charge in [0.1, 0.15) is 0 Å². The third kappa shape index (κ3) is 4.06. The van der Waals surface area contributed by atoms with Gasteiger partial charge in [0.05, 0.1) is 18.2 Å². The predicted octanol–water partition coefficient (Wildman–Crippen LogP) is 1.52. The average molecular weight is 265 g/mol. The Morgan fingerprint density at radius 1 is 1.26 bits per heavy atom. The van der Waals surface area contributed by atoms with Crippen LogP contribution in [0.3, 0.4) is 0 Å². The van der Waals surface area contributed by atoms with Crippen molar-refractivity contribution < 1.29 is 19.8 Å². The van der Waals surface area contributed by atoms with Crippen molar-refractivity contribution in [3.63, 3.8) is 0 Å². The van der Waals surface area contributed by atoms with Crippen LogP contribution in [0.4, 0.5) is 0 Å². The molecule has 0 aliphatic carbocycles. The molecular formula is C14H19NO4. The highest BCUT2D eigenvalue weighted by atomic mass is 16.4. The lowest BCUT2D eigenvalue weighted by molar-refractivity contribution is 0.0697. The van der Waals surface area contributed by atoms with Crippen LogP contribution in [0.2, 0.25) is 0 Å². The SMILES string of the molecule is CC(C)(C)[C@@H](CO)NC(=O)c1cccc(C(=O)O)c1. The van der Waals surface area contributed by atoms with Crippen LogP contribution in [0.5, 0.6) is 0 Å². The summed E-state index contributed by atoms with van der Waals surface area (Å²) in [7, 11) is 0. The first-order valence-corrected chi connectivity index (χ1v) is 6.01. The van der Waals surface area contributed by atoms with Gasteiger partial charge in [0.25, 0.3) is 5.91 Å². The van der Waals surface area contributed by atoms with Crippen molar-refractivity contribution in [3.05, 3.63) is 35.4 Å². The molecule has 5 nitrogen and oxygen atoms in total. The van der Waals surface area contributed by atoms with E-state index < -0.39 is 17.9 Å². The molecule has 0 radical (unpaired) electrons. The third-order valence-electron chi connectivity index (χ3n) is 2.90. The molecule has 3 N–H and O–H groups in total. The molecule has 0 aliphatic rings. The summed E-state index contributed by atoms with van der Waals surface area (Å²) in [6, 6.07) is 5.40. The van der Waals surface area contributed by atoms with Gasteiger partial charge in [-0.2, -0.15) is 0 Å². The Balaban J connectivity index is 2.89. The number of hydrogen-bond acceptors (Lipinski definition) is 3. The Bertz CT molecular complexity index is 477. The molecule has 0 aliphatic heterocycles. The van der Waals surface area contributed by atoms with Crippen LogP contribution in [0.25, 0.3) is 0 Å². The molecule has 1 amide bonds. The van der Waals surface area contributed by atoms with E-state index >= 15 is 0 Å². The number of carbonyl (C=O) groups is 2. The number of aromatic carboxylic acids is 1. The van der Waals surface area contributed by atoms with Gasteiger partial charge in [-0.25, -0.2) is 4.79 Å². The van der Waals surface area contributed by atoms with Gasteiger partial charge in [-0.1, -0.05) is 26.8 Å². The fourth-order valence-corrected chi connectivity index (χ4v) is 1.57. The van der Waals surface area contributed by atoms with E-state index in [1.165, 1.54) is 18.2 Å². The predicted molar refractivity (Wildman–Crippen MR) is 71.2 cm³/mol. The quantitative estimate of drug-likeness (QED) is 0.770. The zero-order valence-electron chi connectivity index (χ0n) is 11.3. The molecule has 1 rings (SSSR count). The number of rotatable bonds is 4. The van der Waals surface area contributed by atoms with Gasteiger partial charge in [-0.05, 0) is 23.6 Å². The van der Waals surface area contributed by atoms with E-state index in [0.717, 1.165) is 0 Å². The molecule has 0 unspecified atom stereocenters. The summed E-state index contributed by atoms with van der Waals surface area (Å²) in [5.41, 5.74) is 0.0426. The van der Waals surface area contributed by atoms with Gasteiger partial charge < -0.3 is 15.5 Å². The molecule has 0 aromatic heterocycles. The van der Waals surface area contributed by atoms with Gasteiger partial charge in [0, 0.05) is 5.56 Å². The molecule has 1 atom stereocenters. The second-order valence-corrected chi connectivity index (χ2v) is 5.46. The smallest absolute Gasteiger partial charge is 0.335 e. The Hall–Kier alpha value is -1.88. The van der Waals surface area contributed by atoms with Gasteiger partial charge in [0.2, 0.25) is 0 Å². The van der Waals surface area contributed by atoms with E-state index in [-0.39, 0.29) is 23.1 Å². The highest BCUT2D eigenvalue weighted by Gasteiger charge is 2.25. The first-order chi connectivity index (χ1) is 8.75. The average Bonchev–Trinajstić information content (AvgIpc) is 2.34. The summed E-state index contributed by atoms with van der Waals surface area (Å²) in [4.78, 5) is 22.9. The maximum atomic E-state index is 12.0. The van der Waals surface area contributed by atoms with Crippen molar-refractivity contribution in [1.29, 1.82) is 0 Å². The van der Waals surface area contributed by atoms with Crippen LogP contribution >= 0.6 is 0 Å². The van der Waals surface area contributed by atoms with Crippen molar-refractivity contribution in [3.8, 4) is 0 Å². The standard InChI is InChI=1S/C14H19NO4/c1-14(2,3)11(8-16)15-12(17)9-5-4-6-10(7-9)13(18)19/h4-7,11,16H,8H2,1-3H3,(H,15,17)(H,18,19)/t11-/m1/s1. The zero-order valence-corrected chi connectivity index (χ0v) is 11.3. The van der Waals surface area contributed by atoms with E-state index in [2.05, 4.69) is 5.32 Å². The normalized spacial score (nSPS) is 12.8. The second-order valence-electron chi connectivity index (χ2n) is 5.46. The Kier molecular flexibility index (Phi) is 4.67. The lowest BCUT2D eigenvalue weighted by Gasteiger charge is -2.29. The molecule has 0 fully saturated rings. The van der Waals surface area contributed by atoms with Crippen molar-refractivity contribution in [2.45, 2.75) is 26.8 Å². The molecule has 0 spiro atoms. The summed E-state index contributed by atoms with van der Waals surface area (Å²) in [6.45, 7) is 5.54. The minimum absolute atomic E-state index is 0.0592. The highest BCUT2D eigenvalue weighted by molar-refractivity contribution is 5.97. The number of carboxylic acid groups (broad SMARTS) is 1. The fourth-order valence-electron chi connectivity index (χ4n) is 1.57. The molecule has 0 saturated carbocycles. The molecule has 1 aromatic carbocycles. The van der Waals surface area contributed by atoms with Crippen molar-refractivity contribution in [2.75, 3.05) is 6.61 Å². The van der Waals surface area contributed by atoms with Gasteiger partial charge in [-0.15, -0.1) is 0 Å². The lowest BCUT2D eigenvalue weighted by Crippen LogP contribution is -2.46. The highest BCUT2D eigenvalue weighted by Crippen LogP contribution is 2.19. The van der Waals surface area contributed by atoms with E-state index in [0.29, 0.717) is 0 Å². The molecular weight excluding hydrogens is 246 g/mol. The van der Waals surface area contributed by atoms with E-state index in [1.54, 1.807) is 6.07 Å². The number of carbonyl (C=O) groups excluding carboxylic acids is 1. The van der Waals surface area contributed by atoms with Crippen molar-refractivity contribution in [2.24, 2.45) is 5.41 Å². The third-order valence-corrected chi connectivity index (χ3v) is 2.90. The minimum atomic E-state index is -1.08. The van der Waals surface area contributed by atoms with Crippen LogP contribution in [0.1, 0.15) is 41.5 Å². The number of aliphatic hydroxyl groups is 1. The molecule has 0 heterocycles. The van der Waals surface area contributed by atoms with Gasteiger partial charge in [0.15, 0.2) is 0 Å². The molecule has 0 saturated heterocycles. The van der Waals surface area contributed by atoms with Crippen molar-refractivity contribution >= 4 is 11.9 Å². The topological polar surface area (TPSA) is 86.6 Å². The number of carboxylic acids is 1. The number of hydrogen-bond donors (Lipinski definition) is 3. The number of amides is 1. The number of benzene rings is 1. The van der Waals surface area contributed by atoms with Gasteiger partial charge in [-0.3, -0.25) is 4.79 Å². The Morgan fingerprint density at radius 3 is 2.32 bits per heavy atom. The molecule has 0 bridgehead atoms. The summed E-state index contributed by atoms with van der Waals surface area (Å²) < 4.78 is 0. The zero-order chi connectivity index (χ0) is 14.6. The molecule has 104 valence electrons.